The number of amides is 1. The zero-order valence-corrected chi connectivity index (χ0v) is 18.2. The van der Waals surface area contributed by atoms with Crippen LogP contribution in [0.5, 0.6) is 5.75 Å². The Balaban J connectivity index is 1.42. The first-order valence-corrected chi connectivity index (χ1v) is 10.9. The van der Waals surface area contributed by atoms with Crippen LogP contribution in [0.3, 0.4) is 0 Å². The normalized spacial score (nSPS) is 22.4. The summed E-state index contributed by atoms with van der Waals surface area (Å²) in [5, 5.41) is 12.8. The van der Waals surface area contributed by atoms with E-state index in [0.717, 1.165) is 16.9 Å². The van der Waals surface area contributed by atoms with Gasteiger partial charge >= 0.3 is 0 Å². The average molecular weight is 420 g/mol. The third-order valence-electron chi connectivity index (χ3n) is 6.15. The van der Waals surface area contributed by atoms with Gasteiger partial charge in [-0.05, 0) is 66.3 Å². The van der Waals surface area contributed by atoms with Crippen LogP contribution in [0.25, 0.3) is 0 Å². The predicted molar refractivity (Wildman–Crippen MR) is 113 cm³/mol. The number of aliphatic hydroxyl groups excluding tert-OH is 1. The van der Waals surface area contributed by atoms with Crippen LogP contribution in [-0.4, -0.2) is 23.7 Å². The van der Waals surface area contributed by atoms with Crippen LogP contribution in [0.1, 0.15) is 57.9 Å². The molecule has 4 rings (SSSR count). The van der Waals surface area contributed by atoms with Gasteiger partial charge in [-0.2, -0.15) is 0 Å². The summed E-state index contributed by atoms with van der Waals surface area (Å²) in [5.41, 5.74) is 4.01. The summed E-state index contributed by atoms with van der Waals surface area (Å²) < 4.78 is 5.46. The standard InChI is InChI=1S/C22H26ClNO3S/c1-11(25)10-27-17-6-5-13(7-16(17)23)9-24-21(26)20-14-8-15-19(22(15,3)4)18(14)12(2)28-20/h5-7,11,15,19,25H,8-10H2,1-4H3,(H,24,26)/t11?,15-,19-/m1/s1. The maximum atomic E-state index is 12.8. The number of halogens is 1. The van der Waals surface area contributed by atoms with E-state index in [0.29, 0.717) is 34.6 Å². The molecule has 2 aliphatic rings. The van der Waals surface area contributed by atoms with E-state index in [2.05, 4.69) is 26.1 Å². The van der Waals surface area contributed by atoms with E-state index in [1.807, 2.05) is 6.07 Å². The molecular weight excluding hydrogens is 394 g/mol. The van der Waals surface area contributed by atoms with Crippen LogP contribution in [0.15, 0.2) is 18.2 Å². The Hall–Kier alpha value is -1.56. The molecule has 1 heterocycles. The molecule has 6 heteroatoms. The molecule has 1 saturated carbocycles. The van der Waals surface area contributed by atoms with E-state index >= 15 is 0 Å². The number of ether oxygens (including phenoxy) is 1. The highest BCUT2D eigenvalue weighted by atomic mass is 35.5. The number of aryl methyl sites for hydroxylation is 1. The molecule has 1 aromatic carbocycles. The highest BCUT2D eigenvalue weighted by Crippen LogP contribution is 2.71. The zero-order chi connectivity index (χ0) is 20.2. The van der Waals surface area contributed by atoms with Crippen molar-refractivity contribution in [2.24, 2.45) is 11.3 Å². The van der Waals surface area contributed by atoms with Gasteiger partial charge in [0.05, 0.1) is 16.0 Å². The highest BCUT2D eigenvalue weighted by molar-refractivity contribution is 7.14. The minimum atomic E-state index is -0.553. The Labute approximate surface area is 174 Å². The second kappa shape index (κ2) is 7.05. The lowest BCUT2D eigenvalue weighted by molar-refractivity contribution is 0.0954. The van der Waals surface area contributed by atoms with E-state index in [1.54, 1.807) is 30.4 Å². The van der Waals surface area contributed by atoms with Crippen molar-refractivity contribution < 1.29 is 14.6 Å². The van der Waals surface area contributed by atoms with Crippen molar-refractivity contribution in [2.75, 3.05) is 6.61 Å². The summed E-state index contributed by atoms with van der Waals surface area (Å²) in [6.45, 7) is 9.08. The van der Waals surface area contributed by atoms with Crippen molar-refractivity contribution in [3.05, 3.63) is 49.7 Å². The average Bonchev–Trinajstić information content (AvgIpc) is 2.95. The number of rotatable bonds is 6. The van der Waals surface area contributed by atoms with Gasteiger partial charge < -0.3 is 15.2 Å². The Kier molecular flexibility index (Phi) is 4.97. The molecule has 0 aliphatic heterocycles. The van der Waals surface area contributed by atoms with E-state index < -0.39 is 6.10 Å². The van der Waals surface area contributed by atoms with Crippen LogP contribution in [0, 0.1) is 18.3 Å². The lowest BCUT2D eigenvalue weighted by atomic mass is 9.95. The van der Waals surface area contributed by atoms with Crippen molar-refractivity contribution in [1.29, 1.82) is 0 Å². The third-order valence-corrected chi connectivity index (χ3v) is 7.61. The first-order chi connectivity index (χ1) is 13.2. The van der Waals surface area contributed by atoms with Gasteiger partial charge in [-0.3, -0.25) is 4.79 Å². The molecule has 4 nitrogen and oxygen atoms in total. The molecule has 3 atom stereocenters. The molecular formula is C22H26ClNO3S. The number of hydrogen-bond donors (Lipinski definition) is 2. The number of fused-ring (bicyclic) bond motifs is 3. The quantitative estimate of drug-likeness (QED) is 0.713. The second-order valence-electron chi connectivity index (χ2n) is 8.60. The fraction of sp³-hybridized carbons (Fsp3) is 0.500. The zero-order valence-electron chi connectivity index (χ0n) is 16.6. The minimum Gasteiger partial charge on any atom is -0.489 e. The van der Waals surface area contributed by atoms with Gasteiger partial charge in [0.2, 0.25) is 0 Å². The fourth-order valence-corrected chi connectivity index (χ4v) is 5.97. The molecule has 0 bridgehead atoms. The topological polar surface area (TPSA) is 58.6 Å². The van der Waals surface area contributed by atoms with Gasteiger partial charge in [0.15, 0.2) is 0 Å². The van der Waals surface area contributed by atoms with Crippen molar-refractivity contribution in [1.82, 2.24) is 5.32 Å². The monoisotopic (exact) mass is 419 g/mol. The minimum absolute atomic E-state index is 0.000916. The summed E-state index contributed by atoms with van der Waals surface area (Å²) in [6, 6.07) is 5.45. The Bertz CT molecular complexity index is 934. The molecule has 150 valence electrons. The smallest absolute Gasteiger partial charge is 0.261 e. The molecule has 2 N–H and O–H groups in total. The van der Waals surface area contributed by atoms with Crippen LogP contribution in [0.4, 0.5) is 0 Å². The van der Waals surface area contributed by atoms with Crippen LogP contribution < -0.4 is 10.1 Å². The largest absolute Gasteiger partial charge is 0.489 e. The maximum absolute atomic E-state index is 12.8. The number of nitrogens with one attached hydrogen (secondary N) is 1. The molecule has 1 unspecified atom stereocenters. The van der Waals surface area contributed by atoms with E-state index in [9.17, 15) is 9.90 Å². The van der Waals surface area contributed by atoms with Crippen molar-refractivity contribution in [3.8, 4) is 5.75 Å². The first kappa shape index (κ1) is 19.7. The molecule has 2 aromatic rings. The summed E-state index contributed by atoms with van der Waals surface area (Å²) in [4.78, 5) is 15.0. The summed E-state index contributed by atoms with van der Waals surface area (Å²) in [7, 11) is 0. The van der Waals surface area contributed by atoms with Crippen molar-refractivity contribution in [2.45, 2.75) is 52.7 Å². The summed E-state index contributed by atoms with van der Waals surface area (Å²) in [5.74, 6) is 1.86. The van der Waals surface area contributed by atoms with E-state index in [-0.39, 0.29) is 12.5 Å². The summed E-state index contributed by atoms with van der Waals surface area (Å²) in [6.07, 6.45) is 0.476. The molecule has 1 fully saturated rings. The SMILES string of the molecule is Cc1sc(C(=O)NCc2ccc(OCC(C)O)c(Cl)c2)c2c1[C@H]1[C@@H](C2)C1(C)C. The number of benzene rings is 1. The van der Waals surface area contributed by atoms with Gasteiger partial charge in [0.25, 0.3) is 5.91 Å². The lowest BCUT2D eigenvalue weighted by Gasteiger charge is -2.12. The van der Waals surface area contributed by atoms with Gasteiger partial charge in [-0.15, -0.1) is 11.3 Å². The molecule has 0 saturated heterocycles. The van der Waals surface area contributed by atoms with Crippen LogP contribution in [0.2, 0.25) is 5.02 Å². The number of carbonyl (C=O) groups is 1. The Morgan fingerprint density at radius 1 is 1.46 bits per heavy atom. The molecule has 28 heavy (non-hydrogen) atoms. The number of carbonyl (C=O) groups excluding carboxylic acids is 1. The Morgan fingerprint density at radius 3 is 2.89 bits per heavy atom. The van der Waals surface area contributed by atoms with E-state index in [4.69, 9.17) is 16.3 Å². The van der Waals surface area contributed by atoms with E-state index in [1.165, 1.54) is 16.0 Å². The van der Waals surface area contributed by atoms with Crippen molar-refractivity contribution in [3.63, 3.8) is 0 Å². The molecule has 0 radical (unpaired) electrons. The van der Waals surface area contributed by atoms with Gasteiger partial charge in [0.1, 0.15) is 12.4 Å². The highest BCUT2D eigenvalue weighted by Gasteiger charge is 2.63. The number of hydrogen-bond acceptors (Lipinski definition) is 4. The van der Waals surface area contributed by atoms with Crippen molar-refractivity contribution >= 4 is 28.8 Å². The molecule has 2 aliphatic carbocycles. The van der Waals surface area contributed by atoms with Gasteiger partial charge in [-0.25, -0.2) is 0 Å². The number of thiophene rings is 1. The van der Waals surface area contributed by atoms with Crippen LogP contribution >= 0.6 is 22.9 Å². The van der Waals surface area contributed by atoms with Crippen LogP contribution in [-0.2, 0) is 13.0 Å². The predicted octanol–water partition coefficient (Wildman–Crippen LogP) is 4.70. The maximum Gasteiger partial charge on any atom is 0.261 e. The first-order valence-electron chi connectivity index (χ1n) is 9.69. The lowest BCUT2D eigenvalue weighted by Crippen LogP contribution is -2.23. The molecule has 1 aromatic heterocycles. The summed E-state index contributed by atoms with van der Waals surface area (Å²) >= 11 is 7.88. The number of aliphatic hydroxyl groups is 1. The fourth-order valence-electron chi connectivity index (χ4n) is 4.56. The van der Waals surface area contributed by atoms with Gasteiger partial charge in [0, 0.05) is 11.4 Å². The molecule has 0 spiro atoms. The third kappa shape index (κ3) is 3.34. The Morgan fingerprint density at radius 2 is 2.21 bits per heavy atom. The molecule has 1 amide bonds. The second-order valence-corrected chi connectivity index (χ2v) is 10.2. The van der Waals surface area contributed by atoms with Gasteiger partial charge in [-0.1, -0.05) is 31.5 Å².